The Morgan fingerprint density at radius 2 is 2.14 bits per heavy atom. The number of anilines is 1. The molecule has 0 fully saturated rings. The van der Waals surface area contributed by atoms with Crippen LogP contribution in [0.15, 0.2) is 16.6 Å². The van der Waals surface area contributed by atoms with Gasteiger partial charge in [0.1, 0.15) is 0 Å². The summed E-state index contributed by atoms with van der Waals surface area (Å²) in [5.74, 6) is -1.42. The van der Waals surface area contributed by atoms with Crippen molar-refractivity contribution in [3.05, 3.63) is 32.3 Å². The maximum atomic E-state index is 10.7. The van der Waals surface area contributed by atoms with Crippen molar-refractivity contribution in [2.24, 2.45) is 0 Å². The van der Waals surface area contributed by atoms with Gasteiger partial charge < -0.3 is 10.8 Å². The molecule has 0 aromatic heterocycles. The van der Waals surface area contributed by atoms with E-state index in [0.717, 1.165) is 6.07 Å². The Balaban J connectivity index is 3.52. The number of hydrogen-bond acceptors (Lipinski definition) is 4. The molecule has 3 N–H and O–H groups in total. The summed E-state index contributed by atoms with van der Waals surface area (Å²) in [6.07, 6.45) is 0. The van der Waals surface area contributed by atoms with E-state index in [4.69, 9.17) is 10.8 Å². The zero-order chi connectivity index (χ0) is 10.9. The van der Waals surface area contributed by atoms with Gasteiger partial charge in [-0.3, -0.25) is 10.1 Å². The fourth-order valence-corrected chi connectivity index (χ4v) is 1.45. The van der Waals surface area contributed by atoms with Gasteiger partial charge >= 0.3 is 5.97 Å². The van der Waals surface area contributed by atoms with Crippen LogP contribution in [-0.4, -0.2) is 16.0 Å². The molecule has 0 amide bonds. The maximum absolute atomic E-state index is 10.7. The largest absolute Gasteiger partial charge is 0.477 e. The van der Waals surface area contributed by atoms with Crippen LogP contribution >= 0.6 is 15.9 Å². The summed E-state index contributed by atoms with van der Waals surface area (Å²) in [4.78, 5) is 20.4. The number of nitrogens with zero attached hydrogens (tertiary/aromatic N) is 1. The lowest BCUT2D eigenvalue weighted by atomic mass is 10.1. The predicted octanol–water partition coefficient (Wildman–Crippen LogP) is 1.64. The van der Waals surface area contributed by atoms with Crippen LogP contribution in [-0.2, 0) is 0 Å². The molecule has 6 nitrogen and oxygen atoms in total. The van der Waals surface area contributed by atoms with E-state index < -0.39 is 22.1 Å². The smallest absolute Gasteiger partial charge is 0.344 e. The molecule has 0 spiro atoms. The van der Waals surface area contributed by atoms with E-state index in [9.17, 15) is 14.9 Å². The van der Waals surface area contributed by atoms with Gasteiger partial charge in [0.2, 0.25) is 0 Å². The average Bonchev–Trinajstić information content (AvgIpc) is 2.01. The fraction of sp³-hybridized carbons (Fsp3) is 0. The van der Waals surface area contributed by atoms with Gasteiger partial charge in [-0.15, -0.1) is 0 Å². The van der Waals surface area contributed by atoms with Crippen molar-refractivity contribution in [3.63, 3.8) is 0 Å². The molecule has 0 aliphatic heterocycles. The normalized spacial score (nSPS) is 9.79. The van der Waals surface area contributed by atoms with E-state index >= 15 is 0 Å². The second-order valence-electron chi connectivity index (χ2n) is 2.45. The van der Waals surface area contributed by atoms with E-state index in [1.165, 1.54) is 6.07 Å². The Labute approximate surface area is 86.6 Å². The van der Waals surface area contributed by atoms with Crippen molar-refractivity contribution < 1.29 is 14.8 Å². The quantitative estimate of drug-likeness (QED) is 0.478. The summed E-state index contributed by atoms with van der Waals surface area (Å²) in [5.41, 5.74) is 4.19. The summed E-state index contributed by atoms with van der Waals surface area (Å²) in [6, 6.07) is 2.40. The van der Waals surface area contributed by atoms with E-state index in [2.05, 4.69) is 15.9 Å². The Morgan fingerprint density at radius 1 is 1.57 bits per heavy atom. The molecular formula is C7H5BrN2O4. The van der Waals surface area contributed by atoms with Crippen molar-refractivity contribution in [2.75, 3.05) is 5.73 Å². The van der Waals surface area contributed by atoms with Crippen molar-refractivity contribution in [1.29, 1.82) is 0 Å². The molecular weight excluding hydrogens is 256 g/mol. The SMILES string of the molecule is Nc1cc(Br)cc([N+](=O)[O-])c1C(=O)O. The number of halogens is 1. The lowest BCUT2D eigenvalue weighted by Crippen LogP contribution is -2.06. The highest BCUT2D eigenvalue weighted by Gasteiger charge is 2.23. The minimum absolute atomic E-state index is 0.140. The molecule has 1 aromatic rings. The summed E-state index contributed by atoms with van der Waals surface area (Å²) in [5, 5.41) is 19.2. The number of nitro benzene ring substituents is 1. The first-order valence-corrected chi connectivity index (χ1v) is 4.19. The third-order valence-electron chi connectivity index (χ3n) is 1.52. The van der Waals surface area contributed by atoms with Crippen LogP contribution in [0.25, 0.3) is 0 Å². The minimum Gasteiger partial charge on any atom is -0.477 e. The Morgan fingerprint density at radius 3 is 2.57 bits per heavy atom. The number of nitrogen functional groups attached to an aromatic ring is 1. The van der Waals surface area contributed by atoms with Gasteiger partial charge in [-0.2, -0.15) is 0 Å². The topological polar surface area (TPSA) is 106 Å². The van der Waals surface area contributed by atoms with Gasteiger partial charge in [-0.25, -0.2) is 4.79 Å². The highest BCUT2D eigenvalue weighted by molar-refractivity contribution is 9.10. The molecule has 0 bridgehead atoms. The second-order valence-corrected chi connectivity index (χ2v) is 3.37. The summed E-state index contributed by atoms with van der Waals surface area (Å²) >= 11 is 2.99. The number of aromatic carboxylic acids is 1. The minimum atomic E-state index is -1.42. The number of carbonyl (C=O) groups is 1. The molecule has 74 valence electrons. The van der Waals surface area contributed by atoms with Gasteiger partial charge in [0.15, 0.2) is 5.56 Å². The summed E-state index contributed by atoms with van der Waals surface area (Å²) < 4.78 is 0.367. The van der Waals surface area contributed by atoms with Crippen LogP contribution in [0, 0.1) is 10.1 Å². The van der Waals surface area contributed by atoms with E-state index in [1.54, 1.807) is 0 Å². The lowest BCUT2D eigenvalue weighted by molar-refractivity contribution is -0.385. The molecule has 14 heavy (non-hydrogen) atoms. The molecule has 1 aromatic carbocycles. The van der Waals surface area contributed by atoms with Crippen LogP contribution in [0.2, 0.25) is 0 Å². The third-order valence-corrected chi connectivity index (χ3v) is 1.98. The van der Waals surface area contributed by atoms with Gasteiger partial charge in [0.25, 0.3) is 5.69 Å². The standard InChI is InChI=1S/C7H5BrN2O4/c8-3-1-4(9)6(7(11)12)5(2-3)10(13)14/h1-2H,9H2,(H,11,12). The first-order chi connectivity index (χ1) is 6.43. The van der Waals surface area contributed by atoms with Crippen molar-refractivity contribution in [1.82, 2.24) is 0 Å². The van der Waals surface area contributed by atoms with Crippen LogP contribution < -0.4 is 5.73 Å². The van der Waals surface area contributed by atoms with Gasteiger partial charge in [0, 0.05) is 10.5 Å². The molecule has 0 aliphatic rings. The Bertz CT molecular complexity index is 418. The molecule has 0 atom stereocenters. The van der Waals surface area contributed by atoms with E-state index in [-0.39, 0.29) is 5.69 Å². The van der Waals surface area contributed by atoms with Crippen LogP contribution in [0.4, 0.5) is 11.4 Å². The number of nitro groups is 1. The highest BCUT2D eigenvalue weighted by atomic mass is 79.9. The third kappa shape index (κ3) is 1.82. The van der Waals surface area contributed by atoms with Crippen LogP contribution in [0.5, 0.6) is 0 Å². The molecule has 0 radical (unpaired) electrons. The monoisotopic (exact) mass is 260 g/mol. The molecule has 7 heteroatoms. The molecule has 0 unspecified atom stereocenters. The van der Waals surface area contributed by atoms with Crippen molar-refractivity contribution in [2.45, 2.75) is 0 Å². The second kappa shape index (κ2) is 3.62. The Kier molecular flexibility index (Phi) is 2.70. The average molecular weight is 261 g/mol. The zero-order valence-electron chi connectivity index (χ0n) is 6.73. The Hall–Kier alpha value is -1.63. The predicted molar refractivity (Wildman–Crippen MR) is 52.2 cm³/mol. The molecule has 0 saturated heterocycles. The molecule has 0 heterocycles. The lowest BCUT2D eigenvalue weighted by Gasteiger charge is -2.02. The highest BCUT2D eigenvalue weighted by Crippen LogP contribution is 2.29. The first-order valence-electron chi connectivity index (χ1n) is 3.40. The van der Waals surface area contributed by atoms with Gasteiger partial charge in [0.05, 0.1) is 10.6 Å². The number of rotatable bonds is 2. The van der Waals surface area contributed by atoms with Crippen molar-refractivity contribution >= 4 is 33.3 Å². The fourth-order valence-electron chi connectivity index (χ4n) is 0.990. The number of carboxylic acid groups (broad SMARTS) is 1. The zero-order valence-corrected chi connectivity index (χ0v) is 8.32. The number of carboxylic acids is 1. The van der Waals surface area contributed by atoms with E-state index in [0.29, 0.717) is 4.47 Å². The van der Waals surface area contributed by atoms with Gasteiger partial charge in [-0.05, 0) is 6.07 Å². The number of benzene rings is 1. The molecule has 1 rings (SSSR count). The van der Waals surface area contributed by atoms with Crippen LogP contribution in [0.3, 0.4) is 0 Å². The molecule has 0 aliphatic carbocycles. The number of nitrogens with two attached hydrogens (primary N) is 1. The summed E-state index contributed by atoms with van der Waals surface area (Å²) in [6.45, 7) is 0. The summed E-state index contributed by atoms with van der Waals surface area (Å²) in [7, 11) is 0. The van der Waals surface area contributed by atoms with E-state index in [1.807, 2.05) is 0 Å². The van der Waals surface area contributed by atoms with Gasteiger partial charge in [-0.1, -0.05) is 15.9 Å². The molecule has 0 saturated carbocycles. The number of hydrogen-bond donors (Lipinski definition) is 2. The van der Waals surface area contributed by atoms with Crippen molar-refractivity contribution in [3.8, 4) is 0 Å². The maximum Gasteiger partial charge on any atom is 0.344 e. The van der Waals surface area contributed by atoms with Crippen LogP contribution in [0.1, 0.15) is 10.4 Å². The first kappa shape index (κ1) is 10.5.